The Hall–Kier alpha value is -1.66. The van der Waals surface area contributed by atoms with Crippen LogP contribution in [0.25, 0.3) is 10.9 Å². The minimum atomic E-state index is -0.320. The first kappa shape index (κ1) is 20.6. The summed E-state index contributed by atoms with van der Waals surface area (Å²) in [5.74, 6) is 0.456. The van der Waals surface area contributed by atoms with Crippen molar-refractivity contribution in [2.45, 2.75) is 69.4 Å². The predicted molar refractivity (Wildman–Crippen MR) is 119 cm³/mol. The molecule has 4 rings (SSSR count). The summed E-state index contributed by atoms with van der Waals surface area (Å²) >= 11 is 7.82. The van der Waals surface area contributed by atoms with Crippen molar-refractivity contribution < 1.29 is 9.59 Å². The molecule has 2 fully saturated rings. The summed E-state index contributed by atoms with van der Waals surface area (Å²) in [6.45, 7) is 6.07. The highest BCUT2D eigenvalue weighted by molar-refractivity contribution is 8.02. The van der Waals surface area contributed by atoms with E-state index >= 15 is 0 Å². The molecule has 1 aliphatic heterocycles. The molecule has 1 saturated carbocycles. The zero-order valence-corrected chi connectivity index (χ0v) is 18.8. The summed E-state index contributed by atoms with van der Waals surface area (Å²) in [6.07, 6.45) is 6.52. The Bertz CT molecular complexity index is 949. The molecule has 29 heavy (non-hydrogen) atoms. The Labute approximate surface area is 180 Å². The molecule has 156 valence electrons. The van der Waals surface area contributed by atoms with Crippen LogP contribution in [0.2, 0.25) is 5.02 Å². The number of benzene rings is 1. The number of amides is 2. The number of carbonyl (C=O) groups excluding carboxylic acids is 2. The van der Waals surface area contributed by atoms with Gasteiger partial charge in [0, 0.05) is 15.9 Å². The molecule has 0 radical (unpaired) electrons. The van der Waals surface area contributed by atoms with Gasteiger partial charge < -0.3 is 4.98 Å². The second-order valence-corrected chi connectivity index (χ2v) is 10.5. The normalized spacial score (nSPS) is 27.2. The van der Waals surface area contributed by atoms with Gasteiger partial charge in [-0.1, -0.05) is 31.4 Å². The fourth-order valence-electron chi connectivity index (χ4n) is 4.82. The van der Waals surface area contributed by atoms with E-state index in [2.05, 4.69) is 17.3 Å². The number of halogens is 1. The number of aromatic amines is 1. The van der Waals surface area contributed by atoms with Gasteiger partial charge in [0.05, 0.1) is 5.25 Å². The van der Waals surface area contributed by atoms with Gasteiger partial charge in [0.2, 0.25) is 0 Å². The number of hydrogen-bond donors (Lipinski definition) is 2. The first-order chi connectivity index (χ1) is 13.8. The van der Waals surface area contributed by atoms with E-state index in [1.54, 1.807) is 22.8 Å². The Morgan fingerprint density at radius 1 is 1.38 bits per heavy atom. The molecule has 2 aromatic rings. The fourth-order valence-corrected chi connectivity index (χ4v) is 6.57. The number of thioether (sulfide) groups is 1. The highest BCUT2D eigenvalue weighted by Crippen LogP contribution is 2.51. The monoisotopic (exact) mass is 433 g/mol. The van der Waals surface area contributed by atoms with Crippen molar-refractivity contribution in [2.24, 2.45) is 5.92 Å². The zero-order chi connectivity index (χ0) is 20.8. The number of aromatic nitrogens is 1. The summed E-state index contributed by atoms with van der Waals surface area (Å²) in [6, 6.07) is 5.53. The first-order valence-corrected chi connectivity index (χ1v) is 11.7. The van der Waals surface area contributed by atoms with Gasteiger partial charge in [0.1, 0.15) is 10.6 Å². The summed E-state index contributed by atoms with van der Waals surface area (Å²) < 4.78 is 0. The molecule has 1 atom stereocenters. The number of fused-ring (bicyclic) bond motifs is 1. The summed E-state index contributed by atoms with van der Waals surface area (Å²) in [5, 5.41) is 3.06. The summed E-state index contributed by atoms with van der Waals surface area (Å²) in [4.78, 5) is 28.9. The number of aryl methyl sites for hydroxylation is 1. The number of rotatable bonds is 4. The minimum Gasteiger partial charge on any atom is -0.350 e. The van der Waals surface area contributed by atoms with Crippen molar-refractivity contribution in [1.82, 2.24) is 15.4 Å². The van der Waals surface area contributed by atoms with E-state index in [4.69, 9.17) is 11.6 Å². The number of H-pyrrole nitrogens is 1. The maximum Gasteiger partial charge on any atom is 0.286 e. The Kier molecular flexibility index (Phi) is 5.60. The maximum absolute atomic E-state index is 13.1. The molecule has 5 nitrogen and oxygen atoms in total. The molecule has 2 aliphatic rings. The lowest BCUT2D eigenvalue weighted by Gasteiger charge is -2.42. The van der Waals surface area contributed by atoms with Gasteiger partial charge >= 0.3 is 0 Å². The van der Waals surface area contributed by atoms with E-state index in [0.717, 1.165) is 48.1 Å². The SMILES string of the molecule is CCCC1CCC2(CC1)SC(C)C(=O)N2NC(=O)c1[nH]c2ccc(Cl)cc2c1C. The number of hydrazine groups is 1. The van der Waals surface area contributed by atoms with Crippen LogP contribution < -0.4 is 5.43 Å². The van der Waals surface area contributed by atoms with Gasteiger partial charge in [0.15, 0.2) is 0 Å². The molecule has 1 aliphatic carbocycles. The van der Waals surface area contributed by atoms with Gasteiger partial charge in [-0.3, -0.25) is 15.0 Å². The lowest BCUT2D eigenvalue weighted by molar-refractivity contribution is -0.135. The van der Waals surface area contributed by atoms with Gasteiger partial charge in [-0.25, -0.2) is 5.01 Å². The number of hydrogen-bond acceptors (Lipinski definition) is 3. The van der Waals surface area contributed by atoms with Crippen molar-refractivity contribution in [2.75, 3.05) is 0 Å². The lowest BCUT2D eigenvalue weighted by atomic mass is 9.83. The van der Waals surface area contributed by atoms with Crippen LogP contribution in [0, 0.1) is 12.8 Å². The van der Waals surface area contributed by atoms with Crippen molar-refractivity contribution >= 4 is 46.1 Å². The van der Waals surface area contributed by atoms with E-state index in [1.165, 1.54) is 12.8 Å². The molecular weight excluding hydrogens is 406 g/mol. The molecule has 0 bridgehead atoms. The smallest absolute Gasteiger partial charge is 0.286 e. The van der Waals surface area contributed by atoms with Crippen LogP contribution >= 0.6 is 23.4 Å². The van der Waals surface area contributed by atoms with Crippen LogP contribution in [-0.2, 0) is 4.79 Å². The zero-order valence-electron chi connectivity index (χ0n) is 17.2. The van der Waals surface area contributed by atoms with Crippen LogP contribution in [0.1, 0.15) is 68.4 Å². The van der Waals surface area contributed by atoms with Crippen molar-refractivity contribution in [1.29, 1.82) is 0 Å². The lowest BCUT2D eigenvalue weighted by Crippen LogP contribution is -2.56. The van der Waals surface area contributed by atoms with Crippen LogP contribution in [0.4, 0.5) is 0 Å². The van der Waals surface area contributed by atoms with Crippen molar-refractivity contribution in [3.8, 4) is 0 Å². The highest BCUT2D eigenvalue weighted by atomic mass is 35.5. The van der Waals surface area contributed by atoms with E-state index < -0.39 is 0 Å². The van der Waals surface area contributed by atoms with E-state index in [0.29, 0.717) is 10.7 Å². The van der Waals surface area contributed by atoms with Gasteiger partial charge in [-0.2, -0.15) is 0 Å². The van der Waals surface area contributed by atoms with Gasteiger partial charge in [-0.15, -0.1) is 11.8 Å². The molecular formula is C22H28ClN3O2S. The number of carbonyl (C=O) groups is 2. The van der Waals surface area contributed by atoms with Crippen molar-refractivity contribution in [3.05, 3.63) is 34.5 Å². The topological polar surface area (TPSA) is 65.2 Å². The molecule has 1 aromatic carbocycles. The molecule has 1 spiro atoms. The molecule has 2 N–H and O–H groups in total. The third-order valence-corrected chi connectivity index (χ3v) is 8.24. The van der Waals surface area contributed by atoms with E-state index in [-0.39, 0.29) is 21.9 Å². The minimum absolute atomic E-state index is 0.00546. The summed E-state index contributed by atoms with van der Waals surface area (Å²) in [5.41, 5.74) is 5.14. The second-order valence-electron chi connectivity index (χ2n) is 8.37. The Morgan fingerprint density at radius 3 is 2.79 bits per heavy atom. The Morgan fingerprint density at radius 2 is 2.10 bits per heavy atom. The largest absolute Gasteiger partial charge is 0.350 e. The fraction of sp³-hybridized carbons (Fsp3) is 0.545. The molecule has 7 heteroatoms. The first-order valence-electron chi connectivity index (χ1n) is 10.5. The molecule has 1 saturated heterocycles. The van der Waals surface area contributed by atoms with Crippen LogP contribution in [0.5, 0.6) is 0 Å². The molecule has 1 unspecified atom stereocenters. The number of nitrogens with zero attached hydrogens (tertiary/aromatic N) is 1. The van der Waals surface area contributed by atoms with Gasteiger partial charge in [0.25, 0.3) is 11.8 Å². The van der Waals surface area contributed by atoms with Gasteiger partial charge in [-0.05, 0) is 69.2 Å². The quantitative estimate of drug-likeness (QED) is 0.676. The number of nitrogens with one attached hydrogen (secondary N) is 2. The third kappa shape index (κ3) is 3.66. The molecule has 2 heterocycles. The van der Waals surface area contributed by atoms with Crippen LogP contribution in [0.3, 0.4) is 0 Å². The van der Waals surface area contributed by atoms with E-state index in [1.807, 2.05) is 26.0 Å². The predicted octanol–water partition coefficient (Wildman–Crippen LogP) is 5.43. The average molecular weight is 434 g/mol. The Balaban J connectivity index is 1.58. The highest BCUT2D eigenvalue weighted by Gasteiger charge is 2.52. The average Bonchev–Trinajstić information content (AvgIpc) is 3.13. The molecule has 1 aromatic heterocycles. The maximum atomic E-state index is 13.1. The van der Waals surface area contributed by atoms with E-state index in [9.17, 15) is 9.59 Å². The summed E-state index contributed by atoms with van der Waals surface area (Å²) in [7, 11) is 0. The third-order valence-electron chi connectivity index (χ3n) is 6.42. The van der Waals surface area contributed by atoms with Crippen LogP contribution in [0.15, 0.2) is 18.2 Å². The van der Waals surface area contributed by atoms with Crippen LogP contribution in [-0.4, -0.2) is 31.9 Å². The van der Waals surface area contributed by atoms with Crippen molar-refractivity contribution in [3.63, 3.8) is 0 Å². The standard InChI is InChI=1S/C22H28ClN3O2S/c1-4-5-15-8-10-22(11-9-15)26(21(28)14(3)29-22)25-20(27)19-13(2)17-12-16(23)6-7-18(17)24-19/h6-7,12,14-15,24H,4-5,8-11H2,1-3H3,(H,25,27). The second kappa shape index (κ2) is 7.88. The molecule has 2 amide bonds.